The molecule has 0 aromatic heterocycles. The Morgan fingerprint density at radius 1 is 0.268 bits per heavy atom. The van der Waals surface area contributed by atoms with Crippen molar-refractivity contribution in [1.29, 1.82) is 0 Å². The van der Waals surface area contributed by atoms with Crippen LogP contribution in [-0.4, -0.2) is 0 Å². The van der Waals surface area contributed by atoms with Crippen LogP contribution in [0.4, 0.5) is 0 Å². The van der Waals surface area contributed by atoms with E-state index < -0.39 is 0 Å². The van der Waals surface area contributed by atoms with Crippen molar-refractivity contribution in [2.45, 2.75) is 233 Å². The van der Waals surface area contributed by atoms with Crippen LogP contribution in [0.5, 0.6) is 0 Å². The van der Waals surface area contributed by atoms with E-state index in [1.54, 1.807) is 0 Å². The van der Waals surface area contributed by atoms with Crippen molar-refractivity contribution in [1.82, 2.24) is 0 Å². The molecule has 0 saturated heterocycles. The second-order valence-corrected chi connectivity index (χ2v) is 13.5. The molecule has 41 heavy (non-hydrogen) atoms. The number of hydrogen-bond acceptors (Lipinski definition) is 0. The molecule has 0 aliphatic rings. The van der Waals surface area contributed by atoms with E-state index in [2.05, 4.69) is 45.1 Å². The molecule has 0 rings (SSSR count). The fourth-order valence-corrected chi connectivity index (χ4v) is 6.38. The molecular weight excluding hydrogens is 492 g/mol. The van der Waals surface area contributed by atoms with Crippen LogP contribution in [0.25, 0.3) is 0 Å². The Bertz CT molecular complexity index is 500. The van der Waals surface area contributed by atoms with E-state index in [0.29, 0.717) is 0 Å². The lowest BCUT2D eigenvalue weighted by molar-refractivity contribution is 0.377. The van der Waals surface area contributed by atoms with Crippen molar-refractivity contribution in [2.75, 3.05) is 0 Å². The first kappa shape index (κ1) is 40.5. The van der Waals surface area contributed by atoms with E-state index in [-0.39, 0.29) is 0 Å². The fourth-order valence-electron chi connectivity index (χ4n) is 6.38. The minimum absolute atomic E-state index is 1.01. The predicted molar refractivity (Wildman–Crippen MR) is 191 cm³/mol. The van der Waals surface area contributed by atoms with E-state index >= 15 is 0 Å². The molecule has 0 heterocycles. The summed E-state index contributed by atoms with van der Waals surface area (Å²) in [4.78, 5) is 0. The van der Waals surface area contributed by atoms with Gasteiger partial charge in [0.15, 0.2) is 0 Å². The Kier molecular flexibility index (Phi) is 37.0. The summed E-state index contributed by atoms with van der Waals surface area (Å²) in [5.41, 5.74) is 0. The molecule has 0 N–H and O–H groups in total. The lowest BCUT2D eigenvalue weighted by Crippen LogP contribution is -2.00. The van der Waals surface area contributed by atoms with Gasteiger partial charge in [-0.2, -0.15) is 0 Å². The molecule has 0 saturated carbocycles. The normalized spacial score (nSPS) is 12.8. The molecule has 0 aromatic carbocycles. The van der Waals surface area contributed by atoms with Gasteiger partial charge >= 0.3 is 0 Å². The number of rotatable bonds is 35. The topological polar surface area (TPSA) is 0 Å². The van der Waals surface area contributed by atoms with Crippen LogP contribution in [0.2, 0.25) is 0 Å². The molecule has 0 fully saturated rings. The zero-order chi connectivity index (χ0) is 29.7. The number of unbranched alkanes of at least 4 members (excludes halogenated alkanes) is 25. The Labute approximate surface area is 262 Å². The van der Waals surface area contributed by atoms with Gasteiger partial charge in [0.05, 0.1) is 0 Å². The average Bonchev–Trinajstić information content (AvgIpc) is 2.98. The van der Waals surface area contributed by atoms with Crippen LogP contribution in [-0.2, 0) is 0 Å². The molecule has 0 bridgehead atoms. The Morgan fingerprint density at radius 2 is 0.537 bits per heavy atom. The molecule has 0 radical (unpaired) electrons. The smallest absolute Gasteiger partial charge is 0.0351 e. The molecule has 1 unspecified atom stereocenters. The second-order valence-electron chi connectivity index (χ2n) is 13.5. The quantitative estimate of drug-likeness (QED) is 0.0523. The third-order valence-electron chi connectivity index (χ3n) is 9.20. The van der Waals surface area contributed by atoms with E-state index in [0.717, 1.165) is 5.92 Å². The molecule has 0 aliphatic carbocycles. The van der Waals surface area contributed by atoms with Crippen molar-refractivity contribution in [3.8, 4) is 0 Å². The van der Waals surface area contributed by atoms with Gasteiger partial charge in [0, 0.05) is 0 Å². The van der Waals surface area contributed by atoms with Crippen LogP contribution < -0.4 is 0 Å². The molecular formula is C41H80. The van der Waals surface area contributed by atoms with Crippen LogP contribution in [0.15, 0.2) is 24.3 Å². The van der Waals surface area contributed by atoms with Gasteiger partial charge in [0.25, 0.3) is 0 Å². The van der Waals surface area contributed by atoms with E-state index in [9.17, 15) is 0 Å². The highest BCUT2D eigenvalue weighted by atomic mass is 14.1. The van der Waals surface area contributed by atoms with Gasteiger partial charge in [0.1, 0.15) is 0 Å². The second kappa shape index (κ2) is 37.5. The van der Waals surface area contributed by atoms with E-state index in [1.165, 1.54) is 212 Å². The molecule has 244 valence electrons. The van der Waals surface area contributed by atoms with Gasteiger partial charge in [-0.1, -0.05) is 206 Å². The van der Waals surface area contributed by atoms with Gasteiger partial charge in [-0.05, 0) is 57.3 Å². The predicted octanol–water partition coefficient (Wildman–Crippen LogP) is 15.6. The van der Waals surface area contributed by atoms with Gasteiger partial charge in [-0.3, -0.25) is 0 Å². The average molecular weight is 573 g/mol. The SMILES string of the molecule is CCCCCCCC/C=C\CCCCCCCCCC(CCC)CCCCCCCC/C=C\CCCCCCCC. The molecule has 0 nitrogen and oxygen atoms in total. The highest BCUT2D eigenvalue weighted by Crippen LogP contribution is 2.23. The summed E-state index contributed by atoms with van der Waals surface area (Å²) in [7, 11) is 0. The monoisotopic (exact) mass is 573 g/mol. The largest absolute Gasteiger partial charge is 0.0885 e. The first-order valence-corrected chi connectivity index (χ1v) is 19.6. The van der Waals surface area contributed by atoms with Crippen molar-refractivity contribution in [3.05, 3.63) is 24.3 Å². The first-order chi connectivity index (χ1) is 20.3. The Morgan fingerprint density at radius 3 is 0.829 bits per heavy atom. The van der Waals surface area contributed by atoms with E-state index in [1.807, 2.05) is 0 Å². The number of allylic oxidation sites excluding steroid dienone is 4. The molecule has 0 aliphatic heterocycles. The molecule has 0 heteroatoms. The zero-order valence-corrected chi connectivity index (χ0v) is 29.2. The van der Waals surface area contributed by atoms with Crippen LogP contribution in [0.3, 0.4) is 0 Å². The molecule has 1 atom stereocenters. The Balaban J connectivity index is 3.43. The molecule has 0 spiro atoms. The van der Waals surface area contributed by atoms with Gasteiger partial charge < -0.3 is 0 Å². The maximum Gasteiger partial charge on any atom is -0.0351 e. The highest BCUT2D eigenvalue weighted by Gasteiger charge is 2.07. The van der Waals surface area contributed by atoms with Crippen LogP contribution >= 0.6 is 0 Å². The van der Waals surface area contributed by atoms with Crippen molar-refractivity contribution in [3.63, 3.8) is 0 Å². The summed E-state index contributed by atoms with van der Waals surface area (Å²) in [6.07, 6.45) is 56.8. The summed E-state index contributed by atoms with van der Waals surface area (Å²) in [5, 5.41) is 0. The molecule has 0 aromatic rings. The fraction of sp³-hybridized carbons (Fsp3) is 0.902. The van der Waals surface area contributed by atoms with Crippen molar-refractivity contribution in [2.24, 2.45) is 5.92 Å². The maximum atomic E-state index is 2.46. The zero-order valence-electron chi connectivity index (χ0n) is 29.2. The summed E-state index contributed by atoms with van der Waals surface area (Å²) < 4.78 is 0. The summed E-state index contributed by atoms with van der Waals surface area (Å²) in [5.74, 6) is 1.01. The van der Waals surface area contributed by atoms with Gasteiger partial charge in [-0.25, -0.2) is 0 Å². The highest BCUT2D eigenvalue weighted by molar-refractivity contribution is 4.82. The summed E-state index contributed by atoms with van der Waals surface area (Å²) >= 11 is 0. The standard InChI is InChI=1S/C41H80/c1-4-7-9-11-13-15-17-19-21-23-25-27-29-31-33-35-37-40-41(38-6-3)39-36-34-32-30-28-26-24-22-20-18-16-14-12-10-8-5-2/h19-22,41H,4-18,23-40H2,1-3H3/b21-19-,22-20-. The van der Waals surface area contributed by atoms with Crippen molar-refractivity contribution >= 4 is 0 Å². The third kappa shape index (κ3) is 35.6. The minimum atomic E-state index is 1.01. The summed E-state index contributed by atoms with van der Waals surface area (Å²) in [6.45, 7) is 6.99. The summed E-state index contributed by atoms with van der Waals surface area (Å²) in [6, 6.07) is 0. The number of hydrogen-bond donors (Lipinski definition) is 0. The third-order valence-corrected chi connectivity index (χ3v) is 9.20. The van der Waals surface area contributed by atoms with Gasteiger partial charge in [0.2, 0.25) is 0 Å². The lowest BCUT2D eigenvalue weighted by atomic mass is 9.90. The van der Waals surface area contributed by atoms with Crippen LogP contribution in [0, 0.1) is 5.92 Å². The van der Waals surface area contributed by atoms with Crippen LogP contribution in [0.1, 0.15) is 233 Å². The molecule has 0 amide bonds. The lowest BCUT2D eigenvalue weighted by Gasteiger charge is -2.16. The van der Waals surface area contributed by atoms with E-state index in [4.69, 9.17) is 0 Å². The van der Waals surface area contributed by atoms with Gasteiger partial charge in [-0.15, -0.1) is 0 Å². The Hall–Kier alpha value is -0.520. The first-order valence-electron chi connectivity index (χ1n) is 19.6. The van der Waals surface area contributed by atoms with Crippen molar-refractivity contribution < 1.29 is 0 Å². The minimum Gasteiger partial charge on any atom is -0.0885 e. The maximum absolute atomic E-state index is 2.46.